The molecule has 0 saturated heterocycles. The van der Waals surface area contributed by atoms with E-state index in [1.165, 1.54) is 32.1 Å². The van der Waals surface area contributed by atoms with Crippen molar-refractivity contribution in [2.45, 2.75) is 32.1 Å². The Morgan fingerprint density at radius 3 is 2.75 bits per heavy atom. The van der Waals surface area contributed by atoms with Gasteiger partial charge in [0.1, 0.15) is 5.75 Å². The van der Waals surface area contributed by atoms with Gasteiger partial charge in [-0.1, -0.05) is 36.9 Å². The van der Waals surface area contributed by atoms with Crippen molar-refractivity contribution in [1.82, 2.24) is 0 Å². The molecule has 0 bridgehead atoms. The van der Waals surface area contributed by atoms with Crippen LogP contribution in [-0.4, -0.2) is 6.61 Å². The van der Waals surface area contributed by atoms with Gasteiger partial charge >= 0.3 is 0 Å². The van der Waals surface area contributed by atoms with Crippen LogP contribution in [0.15, 0.2) is 18.2 Å². The normalized spacial score (nSPS) is 17.3. The van der Waals surface area contributed by atoms with Crippen LogP contribution in [-0.2, 0) is 0 Å². The molecule has 1 aliphatic carbocycles. The zero-order valence-electron chi connectivity index (χ0n) is 9.42. The van der Waals surface area contributed by atoms with Gasteiger partial charge in [0.2, 0.25) is 0 Å². The predicted octanol–water partition coefficient (Wildman–Crippen LogP) is 3.88. The number of anilines is 1. The van der Waals surface area contributed by atoms with Gasteiger partial charge in [-0.25, -0.2) is 0 Å². The highest BCUT2D eigenvalue weighted by atomic mass is 35.5. The number of hydrogen-bond donors (Lipinski definition) is 1. The molecule has 0 heterocycles. The van der Waals surface area contributed by atoms with E-state index in [0.717, 1.165) is 12.4 Å². The first kappa shape index (κ1) is 11.6. The summed E-state index contributed by atoms with van der Waals surface area (Å²) in [5.41, 5.74) is 6.40. The summed E-state index contributed by atoms with van der Waals surface area (Å²) in [5, 5.41) is 0.571. The van der Waals surface area contributed by atoms with Crippen molar-refractivity contribution >= 4 is 17.3 Å². The minimum atomic E-state index is 0.556. The minimum Gasteiger partial charge on any atom is -0.491 e. The summed E-state index contributed by atoms with van der Waals surface area (Å²) >= 11 is 5.93. The maximum Gasteiger partial charge on any atom is 0.143 e. The van der Waals surface area contributed by atoms with E-state index in [-0.39, 0.29) is 0 Å². The second-order valence-corrected chi connectivity index (χ2v) is 4.87. The van der Waals surface area contributed by atoms with Crippen molar-refractivity contribution in [3.8, 4) is 5.75 Å². The third kappa shape index (κ3) is 2.82. The maximum absolute atomic E-state index is 5.93. The summed E-state index contributed by atoms with van der Waals surface area (Å²) in [6, 6.07) is 5.53. The third-order valence-corrected chi connectivity index (χ3v) is 3.54. The van der Waals surface area contributed by atoms with Crippen molar-refractivity contribution < 1.29 is 4.74 Å². The average molecular weight is 240 g/mol. The molecule has 0 amide bonds. The molecular weight excluding hydrogens is 222 g/mol. The summed E-state index contributed by atoms with van der Waals surface area (Å²) in [7, 11) is 0. The molecule has 0 atom stereocenters. The maximum atomic E-state index is 5.93. The number of rotatable bonds is 3. The Bertz CT molecular complexity index is 348. The molecule has 1 aromatic carbocycles. The Kier molecular flexibility index (Phi) is 3.94. The molecule has 3 heteroatoms. The summed E-state index contributed by atoms with van der Waals surface area (Å²) in [6.45, 7) is 0.768. The van der Waals surface area contributed by atoms with Gasteiger partial charge in [-0.3, -0.25) is 0 Å². The first-order valence-corrected chi connectivity index (χ1v) is 6.32. The van der Waals surface area contributed by atoms with E-state index in [1.54, 1.807) is 6.07 Å². The molecule has 0 radical (unpaired) electrons. The molecule has 2 rings (SSSR count). The van der Waals surface area contributed by atoms with Crippen LogP contribution >= 0.6 is 11.6 Å². The molecule has 1 fully saturated rings. The molecule has 1 aromatic rings. The molecule has 88 valence electrons. The van der Waals surface area contributed by atoms with Crippen molar-refractivity contribution in [1.29, 1.82) is 0 Å². The molecule has 0 aromatic heterocycles. The standard InChI is InChI=1S/C13H18ClNO/c14-11-7-4-8-12(13(11)15)16-9-10-5-2-1-3-6-10/h4,7-8,10H,1-3,5-6,9,15H2. The fourth-order valence-electron chi connectivity index (χ4n) is 2.20. The van der Waals surface area contributed by atoms with Crippen molar-refractivity contribution in [2.24, 2.45) is 5.92 Å². The van der Waals surface area contributed by atoms with Crippen LogP contribution in [0.25, 0.3) is 0 Å². The number of ether oxygens (including phenoxy) is 1. The Balaban J connectivity index is 1.91. The number of nitrogen functional groups attached to an aromatic ring is 1. The van der Waals surface area contributed by atoms with E-state index < -0.39 is 0 Å². The lowest BCUT2D eigenvalue weighted by Crippen LogP contribution is -2.15. The zero-order valence-corrected chi connectivity index (χ0v) is 10.2. The summed E-state index contributed by atoms with van der Waals surface area (Å²) < 4.78 is 5.75. The molecule has 0 spiro atoms. The highest BCUT2D eigenvalue weighted by Crippen LogP contribution is 2.30. The number of benzene rings is 1. The van der Waals surface area contributed by atoms with E-state index >= 15 is 0 Å². The predicted molar refractivity (Wildman–Crippen MR) is 67.9 cm³/mol. The van der Waals surface area contributed by atoms with Crippen LogP contribution < -0.4 is 10.5 Å². The minimum absolute atomic E-state index is 0.556. The second-order valence-electron chi connectivity index (χ2n) is 4.47. The summed E-state index contributed by atoms with van der Waals surface area (Å²) in [4.78, 5) is 0. The lowest BCUT2D eigenvalue weighted by molar-refractivity contribution is 0.209. The van der Waals surface area contributed by atoms with Crippen molar-refractivity contribution in [3.63, 3.8) is 0 Å². The quantitative estimate of drug-likeness (QED) is 0.813. The van der Waals surface area contributed by atoms with Crippen LogP contribution in [0.3, 0.4) is 0 Å². The van der Waals surface area contributed by atoms with Gasteiger partial charge in [0.05, 0.1) is 17.3 Å². The Morgan fingerprint density at radius 2 is 2.00 bits per heavy atom. The van der Waals surface area contributed by atoms with Crippen LogP contribution in [0, 0.1) is 5.92 Å². The van der Waals surface area contributed by atoms with Crippen LogP contribution in [0.4, 0.5) is 5.69 Å². The number of para-hydroxylation sites is 1. The molecular formula is C13H18ClNO. The number of halogens is 1. The van der Waals surface area contributed by atoms with Crippen LogP contribution in [0.5, 0.6) is 5.75 Å². The molecule has 16 heavy (non-hydrogen) atoms. The van der Waals surface area contributed by atoms with Gasteiger partial charge < -0.3 is 10.5 Å². The first-order valence-electron chi connectivity index (χ1n) is 5.94. The van der Waals surface area contributed by atoms with Crippen LogP contribution in [0.2, 0.25) is 5.02 Å². The Labute approximate surface area is 102 Å². The first-order chi connectivity index (χ1) is 7.77. The van der Waals surface area contributed by atoms with Gasteiger partial charge in [0, 0.05) is 0 Å². The van der Waals surface area contributed by atoms with Gasteiger partial charge in [-0.2, -0.15) is 0 Å². The number of hydrogen-bond acceptors (Lipinski definition) is 2. The van der Waals surface area contributed by atoms with Crippen molar-refractivity contribution in [3.05, 3.63) is 23.2 Å². The van der Waals surface area contributed by atoms with E-state index in [0.29, 0.717) is 16.6 Å². The fraction of sp³-hybridized carbons (Fsp3) is 0.538. The van der Waals surface area contributed by atoms with Gasteiger partial charge in [-0.15, -0.1) is 0 Å². The highest BCUT2D eigenvalue weighted by molar-refractivity contribution is 6.33. The Morgan fingerprint density at radius 1 is 1.25 bits per heavy atom. The van der Waals surface area contributed by atoms with E-state index in [1.807, 2.05) is 12.1 Å². The molecule has 0 aliphatic heterocycles. The topological polar surface area (TPSA) is 35.2 Å². The SMILES string of the molecule is Nc1c(Cl)cccc1OCC1CCCCC1. The molecule has 2 N–H and O–H groups in total. The molecule has 0 unspecified atom stereocenters. The van der Waals surface area contributed by atoms with Crippen LogP contribution in [0.1, 0.15) is 32.1 Å². The number of nitrogens with two attached hydrogens (primary N) is 1. The van der Waals surface area contributed by atoms with E-state index in [4.69, 9.17) is 22.1 Å². The fourth-order valence-corrected chi connectivity index (χ4v) is 2.37. The second kappa shape index (κ2) is 5.44. The lowest BCUT2D eigenvalue weighted by Gasteiger charge is -2.22. The average Bonchev–Trinajstić information content (AvgIpc) is 2.32. The zero-order chi connectivity index (χ0) is 11.4. The smallest absolute Gasteiger partial charge is 0.143 e. The van der Waals surface area contributed by atoms with Gasteiger partial charge in [-0.05, 0) is 30.9 Å². The highest BCUT2D eigenvalue weighted by Gasteiger charge is 2.14. The van der Waals surface area contributed by atoms with E-state index in [2.05, 4.69) is 0 Å². The Hall–Kier alpha value is -0.890. The monoisotopic (exact) mass is 239 g/mol. The van der Waals surface area contributed by atoms with Gasteiger partial charge in [0.25, 0.3) is 0 Å². The summed E-state index contributed by atoms with van der Waals surface area (Å²) in [5.74, 6) is 1.41. The van der Waals surface area contributed by atoms with E-state index in [9.17, 15) is 0 Å². The van der Waals surface area contributed by atoms with Gasteiger partial charge in [0.15, 0.2) is 0 Å². The largest absolute Gasteiger partial charge is 0.491 e. The molecule has 2 nitrogen and oxygen atoms in total. The third-order valence-electron chi connectivity index (χ3n) is 3.21. The van der Waals surface area contributed by atoms with Crippen molar-refractivity contribution in [2.75, 3.05) is 12.3 Å². The summed E-state index contributed by atoms with van der Waals surface area (Å²) in [6.07, 6.45) is 6.59. The lowest BCUT2D eigenvalue weighted by atomic mass is 9.90. The molecule has 1 saturated carbocycles. The molecule has 1 aliphatic rings.